The third-order valence-corrected chi connectivity index (χ3v) is 3.33. The summed E-state index contributed by atoms with van der Waals surface area (Å²) in [7, 11) is 1.63. The van der Waals surface area contributed by atoms with E-state index in [0.29, 0.717) is 5.96 Å². The summed E-state index contributed by atoms with van der Waals surface area (Å²) in [4.78, 5) is 4.10. The van der Waals surface area contributed by atoms with Crippen LogP contribution in [0, 0.1) is 11.6 Å². The molecule has 0 aliphatic rings. The molecule has 0 saturated carbocycles. The van der Waals surface area contributed by atoms with Crippen molar-refractivity contribution in [3.63, 3.8) is 0 Å². The zero-order chi connectivity index (χ0) is 15.9. The van der Waals surface area contributed by atoms with Crippen LogP contribution >= 0.6 is 24.0 Å². The van der Waals surface area contributed by atoms with Gasteiger partial charge in [0.15, 0.2) is 5.96 Å². The van der Waals surface area contributed by atoms with Crippen molar-refractivity contribution in [1.29, 1.82) is 0 Å². The Hall–Kier alpha value is -1.70. The molecule has 2 aromatic rings. The van der Waals surface area contributed by atoms with E-state index < -0.39 is 11.6 Å². The average Bonchev–Trinajstić information content (AvgIpc) is 2.55. The maximum absolute atomic E-state index is 13.6. The van der Waals surface area contributed by atoms with Gasteiger partial charge in [0.2, 0.25) is 0 Å². The number of rotatable bonds is 4. The number of aliphatic imine (C=N–C) groups is 1. The second kappa shape index (κ2) is 9.44. The molecule has 0 aliphatic carbocycles. The van der Waals surface area contributed by atoms with Crippen LogP contribution in [0.4, 0.5) is 8.78 Å². The van der Waals surface area contributed by atoms with Gasteiger partial charge in [-0.2, -0.15) is 0 Å². The summed E-state index contributed by atoms with van der Waals surface area (Å²) in [6, 6.07) is 13.3. The van der Waals surface area contributed by atoms with Crippen molar-refractivity contribution in [3.8, 4) is 0 Å². The molecule has 6 heteroatoms. The van der Waals surface area contributed by atoms with Gasteiger partial charge in [0.05, 0.1) is 6.04 Å². The van der Waals surface area contributed by atoms with Crippen molar-refractivity contribution in [2.24, 2.45) is 4.99 Å². The van der Waals surface area contributed by atoms with E-state index in [0.717, 1.165) is 17.7 Å². The first kappa shape index (κ1) is 19.3. The fourth-order valence-electron chi connectivity index (χ4n) is 2.08. The van der Waals surface area contributed by atoms with E-state index in [2.05, 4.69) is 15.6 Å². The molecule has 2 aromatic carbocycles. The Morgan fingerprint density at radius 1 is 1.13 bits per heavy atom. The van der Waals surface area contributed by atoms with Gasteiger partial charge in [-0.15, -0.1) is 24.0 Å². The average molecular weight is 431 g/mol. The molecule has 0 aliphatic heterocycles. The summed E-state index contributed by atoms with van der Waals surface area (Å²) in [5, 5.41) is 6.20. The Morgan fingerprint density at radius 2 is 1.83 bits per heavy atom. The number of guanidine groups is 1. The van der Waals surface area contributed by atoms with E-state index >= 15 is 0 Å². The minimum Gasteiger partial charge on any atom is -0.352 e. The summed E-state index contributed by atoms with van der Waals surface area (Å²) in [6.45, 7) is 2.16. The van der Waals surface area contributed by atoms with E-state index in [9.17, 15) is 8.78 Å². The minimum absolute atomic E-state index is 0. The zero-order valence-corrected chi connectivity index (χ0v) is 15.3. The van der Waals surface area contributed by atoms with Crippen LogP contribution in [-0.4, -0.2) is 13.0 Å². The largest absolute Gasteiger partial charge is 0.352 e. The Kier molecular flexibility index (Phi) is 7.94. The summed E-state index contributed by atoms with van der Waals surface area (Å²) in [6.07, 6.45) is 0. The summed E-state index contributed by atoms with van der Waals surface area (Å²) in [5.74, 6) is -0.376. The second-order valence-corrected chi connectivity index (χ2v) is 4.94. The van der Waals surface area contributed by atoms with Crippen molar-refractivity contribution in [1.82, 2.24) is 10.6 Å². The van der Waals surface area contributed by atoms with Crippen molar-refractivity contribution in [2.45, 2.75) is 19.5 Å². The van der Waals surface area contributed by atoms with Gasteiger partial charge in [-0.25, -0.2) is 8.78 Å². The highest BCUT2D eigenvalue weighted by atomic mass is 127. The van der Waals surface area contributed by atoms with E-state index in [1.54, 1.807) is 7.05 Å². The van der Waals surface area contributed by atoms with Crippen molar-refractivity contribution in [3.05, 3.63) is 71.3 Å². The fraction of sp³-hybridized carbons (Fsp3) is 0.235. The Balaban J connectivity index is 0.00000264. The topological polar surface area (TPSA) is 36.4 Å². The number of benzene rings is 2. The second-order valence-electron chi connectivity index (χ2n) is 4.94. The first-order valence-electron chi connectivity index (χ1n) is 7.06. The molecule has 0 radical (unpaired) electrons. The van der Waals surface area contributed by atoms with Gasteiger partial charge in [-0.1, -0.05) is 30.3 Å². The molecule has 2 N–H and O–H groups in total. The highest BCUT2D eigenvalue weighted by Crippen LogP contribution is 2.11. The molecule has 0 heterocycles. The van der Waals surface area contributed by atoms with Crippen LogP contribution in [0.5, 0.6) is 0 Å². The Labute approximate surface area is 152 Å². The summed E-state index contributed by atoms with van der Waals surface area (Å²) < 4.78 is 26.7. The lowest BCUT2D eigenvalue weighted by Gasteiger charge is -2.18. The Bertz CT molecular complexity index is 648. The number of nitrogens with one attached hydrogen (secondary N) is 2. The van der Waals surface area contributed by atoms with Crippen LogP contribution in [0.2, 0.25) is 0 Å². The first-order chi connectivity index (χ1) is 10.6. The van der Waals surface area contributed by atoms with Crippen molar-refractivity contribution < 1.29 is 8.78 Å². The van der Waals surface area contributed by atoms with E-state index in [1.165, 1.54) is 6.07 Å². The normalized spacial score (nSPS) is 12.3. The molecule has 0 bridgehead atoms. The highest BCUT2D eigenvalue weighted by Gasteiger charge is 2.09. The number of halogens is 3. The fourth-order valence-corrected chi connectivity index (χ4v) is 2.08. The van der Waals surface area contributed by atoms with Crippen molar-refractivity contribution in [2.75, 3.05) is 7.05 Å². The van der Waals surface area contributed by atoms with Crippen LogP contribution in [0.15, 0.2) is 53.5 Å². The molecular formula is C17H20F2IN3. The molecule has 0 saturated heterocycles. The van der Waals surface area contributed by atoms with Gasteiger partial charge in [0.1, 0.15) is 11.6 Å². The standard InChI is InChI=1S/C17H19F2N3.HI/c1-12(13-6-4-3-5-7-13)22-17(20-2)21-11-14-10-15(18)8-9-16(14)19;/h3-10,12H,11H2,1-2H3,(H2,20,21,22);1H. The maximum atomic E-state index is 13.6. The van der Waals surface area contributed by atoms with Gasteiger partial charge in [0, 0.05) is 19.2 Å². The predicted molar refractivity (Wildman–Crippen MR) is 100.0 cm³/mol. The van der Waals surface area contributed by atoms with Gasteiger partial charge < -0.3 is 10.6 Å². The lowest BCUT2D eigenvalue weighted by molar-refractivity contribution is 0.580. The monoisotopic (exact) mass is 431 g/mol. The van der Waals surface area contributed by atoms with Gasteiger partial charge >= 0.3 is 0 Å². The molecule has 23 heavy (non-hydrogen) atoms. The maximum Gasteiger partial charge on any atom is 0.191 e. The highest BCUT2D eigenvalue weighted by molar-refractivity contribution is 14.0. The third kappa shape index (κ3) is 5.78. The van der Waals surface area contributed by atoms with Crippen LogP contribution in [0.3, 0.4) is 0 Å². The van der Waals surface area contributed by atoms with Gasteiger partial charge in [-0.3, -0.25) is 4.99 Å². The van der Waals surface area contributed by atoms with Crippen LogP contribution in [-0.2, 0) is 6.54 Å². The molecule has 1 atom stereocenters. The molecule has 0 amide bonds. The molecule has 0 fully saturated rings. The molecule has 0 aromatic heterocycles. The lowest BCUT2D eigenvalue weighted by Crippen LogP contribution is -2.38. The number of hydrogen-bond donors (Lipinski definition) is 2. The molecule has 3 nitrogen and oxygen atoms in total. The smallest absolute Gasteiger partial charge is 0.191 e. The quantitative estimate of drug-likeness (QED) is 0.436. The van der Waals surface area contributed by atoms with Gasteiger partial charge in [-0.05, 0) is 30.7 Å². The molecule has 1 unspecified atom stereocenters. The minimum atomic E-state index is -0.459. The van der Waals surface area contributed by atoms with Crippen LogP contribution in [0.25, 0.3) is 0 Å². The van der Waals surface area contributed by atoms with Crippen molar-refractivity contribution >= 4 is 29.9 Å². The van der Waals surface area contributed by atoms with E-state index in [4.69, 9.17) is 0 Å². The SMILES string of the molecule is CN=C(NCc1cc(F)ccc1F)NC(C)c1ccccc1.I. The molecule has 124 valence electrons. The summed E-state index contributed by atoms with van der Waals surface area (Å²) in [5.41, 5.74) is 1.37. The first-order valence-corrected chi connectivity index (χ1v) is 7.06. The molecule has 0 spiro atoms. The lowest BCUT2D eigenvalue weighted by atomic mass is 10.1. The van der Waals surface area contributed by atoms with Crippen LogP contribution < -0.4 is 10.6 Å². The number of nitrogens with zero attached hydrogens (tertiary/aromatic N) is 1. The molecule has 2 rings (SSSR count). The Morgan fingerprint density at radius 3 is 2.48 bits per heavy atom. The predicted octanol–water partition coefficient (Wildman–Crippen LogP) is 4.01. The van der Waals surface area contributed by atoms with E-state index in [-0.39, 0.29) is 42.1 Å². The molecular weight excluding hydrogens is 411 g/mol. The summed E-state index contributed by atoms with van der Waals surface area (Å²) >= 11 is 0. The number of hydrogen-bond acceptors (Lipinski definition) is 1. The van der Waals surface area contributed by atoms with Gasteiger partial charge in [0.25, 0.3) is 0 Å². The third-order valence-electron chi connectivity index (χ3n) is 3.33. The van der Waals surface area contributed by atoms with E-state index in [1.807, 2.05) is 37.3 Å². The van der Waals surface area contributed by atoms with Crippen LogP contribution in [0.1, 0.15) is 24.1 Å². The zero-order valence-electron chi connectivity index (χ0n) is 13.0.